The average Bonchev–Trinajstić information content (AvgIpc) is 2.07. The molecule has 1 aromatic carbocycles. The predicted molar refractivity (Wildman–Crippen MR) is 53.3 cm³/mol. The van der Waals surface area contributed by atoms with Gasteiger partial charge in [0.15, 0.2) is 0 Å². The highest BCUT2D eigenvalue weighted by atomic mass is 79.9. The Labute approximate surface area is 80.4 Å². The van der Waals surface area contributed by atoms with E-state index in [1.54, 1.807) is 0 Å². The second-order valence-corrected chi connectivity index (χ2v) is 3.36. The highest BCUT2D eigenvalue weighted by Gasteiger charge is 2.04. The molecule has 0 spiro atoms. The molecule has 1 rings (SSSR count). The lowest BCUT2D eigenvalue weighted by Crippen LogP contribution is -2.36. The molecule has 1 atom stereocenters. The molecular weight excluding hydrogens is 218 g/mol. The fourth-order valence-electron chi connectivity index (χ4n) is 1.03. The van der Waals surface area contributed by atoms with Crippen LogP contribution in [0.3, 0.4) is 0 Å². The Bertz CT molecular complexity index is 248. The second kappa shape index (κ2) is 4.57. The Kier molecular flexibility index (Phi) is 3.68. The molecule has 4 N–H and O–H groups in total. The Morgan fingerprint density at radius 3 is 2.75 bits per heavy atom. The molecule has 3 nitrogen and oxygen atoms in total. The first kappa shape index (κ1) is 9.67. The van der Waals surface area contributed by atoms with Crippen molar-refractivity contribution < 1.29 is 0 Å². The normalized spacial score (nSPS) is 12.9. The first-order valence-corrected chi connectivity index (χ1v) is 4.46. The van der Waals surface area contributed by atoms with Crippen LogP contribution in [0.2, 0.25) is 0 Å². The number of rotatable bonds is 3. The van der Waals surface area contributed by atoms with Crippen molar-refractivity contribution in [3.8, 4) is 0 Å². The lowest BCUT2D eigenvalue weighted by Gasteiger charge is -2.14. The maximum atomic E-state index is 5.34. The van der Waals surface area contributed by atoms with Gasteiger partial charge in [0.1, 0.15) is 0 Å². The zero-order valence-electron chi connectivity index (χ0n) is 6.84. The van der Waals surface area contributed by atoms with Gasteiger partial charge in [-0.2, -0.15) is 0 Å². The Morgan fingerprint density at radius 2 is 2.25 bits per heavy atom. The molecule has 0 aromatic heterocycles. The van der Waals surface area contributed by atoms with E-state index < -0.39 is 0 Å². The molecule has 0 amide bonds. The average molecular weight is 230 g/mol. The van der Waals surface area contributed by atoms with Crippen LogP contribution in [0, 0.1) is 0 Å². The van der Waals surface area contributed by atoms with Crippen LogP contribution in [0.25, 0.3) is 0 Å². The van der Waals surface area contributed by atoms with Gasteiger partial charge >= 0.3 is 0 Å². The summed E-state index contributed by atoms with van der Waals surface area (Å²) in [5.41, 5.74) is 3.77. The van der Waals surface area contributed by atoms with E-state index in [4.69, 9.17) is 5.84 Å². The van der Waals surface area contributed by atoms with Gasteiger partial charge in [-0.25, -0.2) is 5.43 Å². The smallest absolute Gasteiger partial charge is 0.0958 e. The molecule has 0 aliphatic carbocycles. The van der Waals surface area contributed by atoms with E-state index in [2.05, 4.69) is 26.7 Å². The van der Waals surface area contributed by atoms with E-state index in [0.29, 0.717) is 0 Å². The third-order valence-corrected chi connectivity index (χ3v) is 2.13. The van der Waals surface area contributed by atoms with Crippen LogP contribution in [-0.4, -0.2) is 7.05 Å². The van der Waals surface area contributed by atoms with Crippen LogP contribution >= 0.6 is 15.9 Å². The molecule has 0 radical (unpaired) electrons. The van der Waals surface area contributed by atoms with E-state index in [-0.39, 0.29) is 6.17 Å². The van der Waals surface area contributed by atoms with Crippen LogP contribution in [0.4, 0.5) is 0 Å². The van der Waals surface area contributed by atoms with Crippen molar-refractivity contribution in [2.75, 3.05) is 7.05 Å². The monoisotopic (exact) mass is 229 g/mol. The topological polar surface area (TPSA) is 50.1 Å². The first-order chi connectivity index (χ1) is 5.77. The van der Waals surface area contributed by atoms with Gasteiger partial charge in [-0.1, -0.05) is 28.1 Å². The maximum Gasteiger partial charge on any atom is 0.0958 e. The Balaban J connectivity index is 2.85. The van der Waals surface area contributed by atoms with E-state index in [1.807, 2.05) is 31.3 Å². The third-order valence-electron chi connectivity index (χ3n) is 1.64. The SMILES string of the molecule is CNC(NN)c1cccc(Br)c1. The summed E-state index contributed by atoms with van der Waals surface area (Å²) >= 11 is 3.39. The molecule has 4 heteroatoms. The highest BCUT2D eigenvalue weighted by Crippen LogP contribution is 2.15. The van der Waals surface area contributed by atoms with Crippen molar-refractivity contribution in [2.45, 2.75) is 6.17 Å². The molecule has 12 heavy (non-hydrogen) atoms. The largest absolute Gasteiger partial charge is 0.300 e. The predicted octanol–water partition coefficient (Wildman–Crippen LogP) is 1.13. The maximum absolute atomic E-state index is 5.34. The Morgan fingerprint density at radius 1 is 1.50 bits per heavy atom. The summed E-state index contributed by atoms with van der Waals surface area (Å²) in [6.45, 7) is 0. The summed E-state index contributed by atoms with van der Waals surface area (Å²) < 4.78 is 1.05. The van der Waals surface area contributed by atoms with E-state index in [9.17, 15) is 0 Å². The van der Waals surface area contributed by atoms with Crippen molar-refractivity contribution in [3.05, 3.63) is 34.3 Å². The summed E-state index contributed by atoms with van der Waals surface area (Å²) in [5.74, 6) is 5.34. The fourth-order valence-corrected chi connectivity index (χ4v) is 1.45. The second-order valence-electron chi connectivity index (χ2n) is 2.44. The standard InChI is InChI=1S/C8H12BrN3/c1-11-8(12-10)6-3-2-4-7(9)5-6/h2-5,8,11-12H,10H2,1H3. The number of hydrogen-bond donors (Lipinski definition) is 3. The highest BCUT2D eigenvalue weighted by molar-refractivity contribution is 9.10. The molecule has 1 unspecified atom stereocenters. The number of benzene rings is 1. The molecule has 0 fully saturated rings. The van der Waals surface area contributed by atoms with Crippen LogP contribution < -0.4 is 16.6 Å². The Hall–Kier alpha value is -0.420. The molecule has 1 aromatic rings. The molecule has 0 bridgehead atoms. The van der Waals surface area contributed by atoms with Crippen LogP contribution in [-0.2, 0) is 0 Å². The van der Waals surface area contributed by atoms with Gasteiger partial charge in [-0.15, -0.1) is 0 Å². The van der Waals surface area contributed by atoms with Crippen LogP contribution in [0.5, 0.6) is 0 Å². The summed E-state index contributed by atoms with van der Waals surface area (Å²) in [6, 6.07) is 7.97. The number of halogens is 1. The van der Waals surface area contributed by atoms with Crippen molar-refractivity contribution in [3.63, 3.8) is 0 Å². The number of nitrogens with one attached hydrogen (secondary N) is 2. The zero-order chi connectivity index (χ0) is 8.97. The number of hydrazine groups is 1. The zero-order valence-corrected chi connectivity index (χ0v) is 8.43. The lowest BCUT2D eigenvalue weighted by molar-refractivity contribution is 0.488. The summed E-state index contributed by atoms with van der Waals surface area (Å²) in [4.78, 5) is 0. The lowest BCUT2D eigenvalue weighted by atomic mass is 10.2. The van der Waals surface area contributed by atoms with Crippen molar-refractivity contribution >= 4 is 15.9 Å². The van der Waals surface area contributed by atoms with Crippen LogP contribution in [0.15, 0.2) is 28.7 Å². The van der Waals surface area contributed by atoms with Gasteiger partial charge in [-0.3, -0.25) is 5.84 Å². The van der Waals surface area contributed by atoms with E-state index in [0.717, 1.165) is 10.0 Å². The van der Waals surface area contributed by atoms with Gasteiger partial charge < -0.3 is 5.32 Å². The number of nitrogens with two attached hydrogens (primary N) is 1. The van der Waals surface area contributed by atoms with Crippen molar-refractivity contribution in [2.24, 2.45) is 5.84 Å². The van der Waals surface area contributed by atoms with Crippen molar-refractivity contribution in [1.82, 2.24) is 10.7 Å². The molecule has 0 saturated carbocycles. The minimum Gasteiger partial charge on any atom is -0.300 e. The molecule has 66 valence electrons. The van der Waals surface area contributed by atoms with Gasteiger partial charge in [0.05, 0.1) is 6.17 Å². The third kappa shape index (κ3) is 2.28. The molecule has 0 aliphatic rings. The molecule has 0 saturated heterocycles. The minimum atomic E-state index is 0.00231. The summed E-state index contributed by atoms with van der Waals surface area (Å²) in [6.07, 6.45) is 0.00231. The molecule has 0 aliphatic heterocycles. The van der Waals surface area contributed by atoms with E-state index >= 15 is 0 Å². The minimum absolute atomic E-state index is 0.00231. The molecule has 0 heterocycles. The molecular formula is C8H12BrN3. The van der Waals surface area contributed by atoms with E-state index in [1.165, 1.54) is 0 Å². The first-order valence-electron chi connectivity index (χ1n) is 3.67. The fraction of sp³-hybridized carbons (Fsp3) is 0.250. The van der Waals surface area contributed by atoms with Gasteiger partial charge in [0.25, 0.3) is 0 Å². The van der Waals surface area contributed by atoms with Crippen LogP contribution in [0.1, 0.15) is 11.7 Å². The van der Waals surface area contributed by atoms with Crippen molar-refractivity contribution in [1.29, 1.82) is 0 Å². The summed E-state index contributed by atoms with van der Waals surface area (Å²) in [7, 11) is 1.85. The van der Waals surface area contributed by atoms with Gasteiger partial charge in [-0.05, 0) is 24.7 Å². The number of hydrogen-bond acceptors (Lipinski definition) is 3. The van der Waals surface area contributed by atoms with Gasteiger partial charge in [0.2, 0.25) is 0 Å². The quantitative estimate of drug-likeness (QED) is 0.414. The van der Waals surface area contributed by atoms with Gasteiger partial charge in [0, 0.05) is 4.47 Å². The summed E-state index contributed by atoms with van der Waals surface area (Å²) in [5, 5.41) is 3.04.